The quantitative estimate of drug-likeness (QED) is 0.430. The number of nitrogens with one attached hydrogen (secondary N) is 2. The maximum absolute atomic E-state index is 13.7. The van der Waals surface area contributed by atoms with E-state index < -0.39 is 0 Å². The molecular weight excluding hydrogens is 559 g/mol. The molecule has 1 spiro atoms. The van der Waals surface area contributed by atoms with E-state index in [4.69, 9.17) is 4.74 Å². The number of rotatable bonds is 7. The first-order valence-electron chi connectivity index (χ1n) is 15.4. The monoisotopic (exact) mass is 596 g/mol. The van der Waals surface area contributed by atoms with Crippen molar-refractivity contribution >= 4 is 23.3 Å². The van der Waals surface area contributed by atoms with Crippen LogP contribution in [0.2, 0.25) is 0 Å². The molecule has 44 heavy (non-hydrogen) atoms. The van der Waals surface area contributed by atoms with Gasteiger partial charge in [0.25, 0.3) is 5.91 Å². The number of carbonyl (C=O) groups is 2. The summed E-state index contributed by atoms with van der Waals surface area (Å²) in [5.41, 5.74) is 6.38. The first-order chi connectivity index (χ1) is 21.4. The summed E-state index contributed by atoms with van der Waals surface area (Å²) in [7, 11) is 0. The minimum atomic E-state index is -0.271. The van der Waals surface area contributed by atoms with Gasteiger partial charge in [-0.2, -0.15) is 0 Å². The summed E-state index contributed by atoms with van der Waals surface area (Å²) in [6.07, 6.45) is 3.73. The van der Waals surface area contributed by atoms with Crippen LogP contribution >= 0.6 is 0 Å². The molecule has 2 aromatic carbocycles. The minimum absolute atomic E-state index is 0.0168. The summed E-state index contributed by atoms with van der Waals surface area (Å²) in [6, 6.07) is 16.4. The largest absolute Gasteiger partial charge is 0.380 e. The van der Waals surface area contributed by atoms with E-state index >= 15 is 0 Å². The van der Waals surface area contributed by atoms with Gasteiger partial charge in [0, 0.05) is 50.9 Å². The average Bonchev–Trinajstić information content (AvgIpc) is 2.98. The Hall–Kier alpha value is -4.15. The summed E-state index contributed by atoms with van der Waals surface area (Å²) in [6.45, 7) is 7.51. The molecule has 1 aromatic heterocycles. The highest BCUT2D eigenvalue weighted by atomic mass is 19.1. The molecule has 10 heteroatoms. The number of anilines is 1. The topological polar surface area (TPSA) is 99.7 Å². The molecule has 0 unspecified atom stereocenters. The summed E-state index contributed by atoms with van der Waals surface area (Å²) in [4.78, 5) is 38.6. The van der Waals surface area contributed by atoms with Crippen LogP contribution in [0.25, 0.3) is 5.57 Å². The minimum Gasteiger partial charge on any atom is -0.380 e. The van der Waals surface area contributed by atoms with Crippen molar-refractivity contribution in [2.45, 2.75) is 25.8 Å². The third-order valence-electron chi connectivity index (χ3n) is 9.45. The van der Waals surface area contributed by atoms with E-state index in [1.807, 2.05) is 41.0 Å². The fourth-order valence-electron chi connectivity index (χ4n) is 6.63. The van der Waals surface area contributed by atoms with Crippen molar-refractivity contribution in [2.24, 2.45) is 11.3 Å². The molecule has 1 aliphatic carbocycles. The van der Waals surface area contributed by atoms with Gasteiger partial charge in [0.05, 0.1) is 25.2 Å². The molecule has 4 aliphatic rings. The number of hydrogen-bond donors (Lipinski definition) is 2. The summed E-state index contributed by atoms with van der Waals surface area (Å²) >= 11 is 0. The van der Waals surface area contributed by atoms with Gasteiger partial charge >= 0.3 is 0 Å². The highest BCUT2D eigenvalue weighted by Gasteiger charge is 2.46. The zero-order valence-electron chi connectivity index (χ0n) is 24.9. The Balaban J connectivity index is 1.00. The Kier molecular flexibility index (Phi) is 7.63. The molecule has 7 rings (SSSR count). The maximum atomic E-state index is 13.7. The van der Waals surface area contributed by atoms with Crippen LogP contribution in [0.4, 0.5) is 10.3 Å². The molecule has 228 valence electrons. The fraction of sp³-hybridized carbons (Fsp3) is 0.412. The normalized spacial score (nSPS) is 19.9. The van der Waals surface area contributed by atoms with Gasteiger partial charge in [0.15, 0.2) is 0 Å². The van der Waals surface area contributed by atoms with Crippen LogP contribution in [0.15, 0.2) is 66.4 Å². The van der Waals surface area contributed by atoms with E-state index in [1.165, 1.54) is 23.3 Å². The van der Waals surface area contributed by atoms with Crippen LogP contribution in [0.1, 0.15) is 53.0 Å². The number of allylic oxidation sites excluding steroid dienone is 1. The molecular formula is C34H37FN6O3. The number of amides is 2. The highest BCUT2D eigenvalue weighted by molar-refractivity contribution is 5.92. The van der Waals surface area contributed by atoms with Crippen molar-refractivity contribution in [3.05, 3.63) is 94.6 Å². The van der Waals surface area contributed by atoms with Crippen molar-refractivity contribution < 1.29 is 18.7 Å². The number of nitrogens with zero attached hydrogens (tertiary/aromatic N) is 4. The van der Waals surface area contributed by atoms with Gasteiger partial charge in [-0.15, -0.1) is 0 Å². The molecule has 3 aromatic rings. The van der Waals surface area contributed by atoms with Crippen LogP contribution in [0.5, 0.6) is 0 Å². The van der Waals surface area contributed by atoms with E-state index in [0.29, 0.717) is 56.5 Å². The van der Waals surface area contributed by atoms with E-state index in [1.54, 1.807) is 12.3 Å². The number of halogens is 1. The lowest BCUT2D eigenvalue weighted by atomic mass is 9.60. The van der Waals surface area contributed by atoms with Crippen LogP contribution in [0, 0.1) is 17.2 Å². The Morgan fingerprint density at radius 1 is 0.977 bits per heavy atom. The zero-order valence-corrected chi connectivity index (χ0v) is 24.9. The lowest BCUT2D eigenvalue weighted by Crippen LogP contribution is -2.58. The second kappa shape index (κ2) is 11.7. The molecule has 3 saturated heterocycles. The second-order valence-corrected chi connectivity index (χ2v) is 12.5. The lowest BCUT2D eigenvalue weighted by Gasteiger charge is -2.52. The van der Waals surface area contributed by atoms with Crippen molar-refractivity contribution in [3.8, 4) is 0 Å². The molecule has 0 bridgehead atoms. The SMILES string of the molecule is C[C@@H](NC(=O)c1ccnc(N2CCN(C(=O)C3COC3)CC2)n1)c1ccc(C(=C2CC3(CNC3)C2)c2ccc(F)cc2)cc1. The number of piperazine rings is 1. The molecule has 4 fully saturated rings. The van der Waals surface area contributed by atoms with Crippen molar-refractivity contribution in [1.29, 1.82) is 0 Å². The molecule has 1 atom stereocenters. The van der Waals surface area contributed by atoms with Gasteiger partial charge in [-0.25, -0.2) is 14.4 Å². The summed E-state index contributed by atoms with van der Waals surface area (Å²) in [5.74, 6) is 0.115. The molecule has 9 nitrogen and oxygen atoms in total. The third kappa shape index (κ3) is 5.59. The zero-order chi connectivity index (χ0) is 30.3. The number of hydrogen-bond acceptors (Lipinski definition) is 7. The third-order valence-corrected chi connectivity index (χ3v) is 9.45. The van der Waals surface area contributed by atoms with E-state index in [-0.39, 0.29) is 29.6 Å². The predicted octanol–water partition coefficient (Wildman–Crippen LogP) is 3.59. The Morgan fingerprint density at radius 3 is 2.23 bits per heavy atom. The van der Waals surface area contributed by atoms with Gasteiger partial charge in [0.2, 0.25) is 11.9 Å². The smallest absolute Gasteiger partial charge is 0.270 e. The summed E-state index contributed by atoms with van der Waals surface area (Å²) < 4.78 is 18.9. The van der Waals surface area contributed by atoms with Crippen LogP contribution in [-0.2, 0) is 9.53 Å². The molecule has 0 radical (unpaired) electrons. The van der Waals surface area contributed by atoms with Crippen LogP contribution in [-0.4, -0.2) is 79.2 Å². The Labute approximate surface area is 256 Å². The van der Waals surface area contributed by atoms with Gasteiger partial charge < -0.3 is 25.2 Å². The first-order valence-corrected chi connectivity index (χ1v) is 15.4. The van der Waals surface area contributed by atoms with Gasteiger partial charge in [0.1, 0.15) is 11.5 Å². The first kappa shape index (κ1) is 28.6. The molecule has 2 N–H and O–H groups in total. The Morgan fingerprint density at radius 2 is 1.64 bits per heavy atom. The van der Waals surface area contributed by atoms with Gasteiger partial charge in [-0.05, 0) is 60.2 Å². The number of ether oxygens (including phenoxy) is 1. The Bertz CT molecular complexity index is 1570. The predicted molar refractivity (Wildman–Crippen MR) is 164 cm³/mol. The number of benzene rings is 2. The maximum Gasteiger partial charge on any atom is 0.270 e. The molecule has 4 heterocycles. The van der Waals surface area contributed by atoms with Gasteiger partial charge in [-0.1, -0.05) is 42.0 Å². The number of carbonyl (C=O) groups excluding carboxylic acids is 2. The van der Waals surface area contributed by atoms with Crippen molar-refractivity contribution in [3.63, 3.8) is 0 Å². The molecule has 1 saturated carbocycles. The van der Waals surface area contributed by atoms with Crippen LogP contribution in [0.3, 0.4) is 0 Å². The second-order valence-electron chi connectivity index (χ2n) is 12.5. The molecule has 2 amide bonds. The van der Waals surface area contributed by atoms with Gasteiger partial charge in [-0.3, -0.25) is 9.59 Å². The summed E-state index contributed by atoms with van der Waals surface area (Å²) in [5, 5.41) is 6.47. The number of aromatic nitrogens is 2. The van der Waals surface area contributed by atoms with Crippen molar-refractivity contribution in [2.75, 3.05) is 57.4 Å². The van der Waals surface area contributed by atoms with Crippen LogP contribution < -0.4 is 15.5 Å². The standard InChI is InChI=1S/C34H37FN6O3/c1-22(38-31(42)29-10-11-37-33(39-29)41-14-12-40(13-15-41)32(43)27-18-44-19-27)23-2-4-24(5-3-23)30(25-6-8-28(35)9-7-25)26-16-34(17-26)20-36-21-34/h2-11,22,27,36H,12-21H2,1H3,(H,38,42)/t22-/m1/s1. The fourth-order valence-corrected chi connectivity index (χ4v) is 6.63. The highest BCUT2D eigenvalue weighted by Crippen LogP contribution is 2.51. The lowest BCUT2D eigenvalue weighted by molar-refractivity contribution is -0.150. The molecule has 3 aliphatic heterocycles. The van der Waals surface area contributed by atoms with E-state index in [0.717, 1.165) is 42.6 Å². The van der Waals surface area contributed by atoms with E-state index in [9.17, 15) is 14.0 Å². The van der Waals surface area contributed by atoms with E-state index in [2.05, 4.69) is 32.7 Å². The average molecular weight is 597 g/mol. The van der Waals surface area contributed by atoms with Crippen molar-refractivity contribution in [1.82, 2.24) is 25.5 Å².